The average molecular weight is 431 g/mol. The molecule has 162 valence electrons. The van der Waals surface area contributed by atoms with Crippen LogP contribution in [0.25, 0.3) is 0 Å². The van der Waals surface area contributed by atoms with E-state index < -0.39 is 60.2 Å². The summed E-state index contributed by atoms with van der Waals surface area (Å²) in [6.07, 6.45) is -13.3. The van der Waals surface area contributed by atoms with Crippen molar-refractivity contribution in [2.24, 2.45) is 0 Å². The number of nitrogens with one attached hydrogen (secondary N) is 2. The van der Waals surface area contributed by atoms with Crippen LogP contribution in [0, 0.1) is 0 Å². The minimum absolute atomic E-state index is 0.140. The summed E-state index contributed by atoms with van der Waals surface area (Å²) in [5, 5.41) is 20.8. The molecule has 1 aromatic rings. The van der Waals surface area contributed by atoms with Gasteiger partial charge in [-0.2, -0.15) is 26.3 Å². The normalized spacial score (nSPS) is 11.7. The van der Waals surface area contributed by atoms with Gasteiger partial charge in [-0.05, 0) is 18.2 Å². The van der Waals surface area contributed by atoms with Crippen LogP contribution in [0.1, 0.15) is 21.5 Å². The van der Waals surface area contributed by atoms with Gasteiger partial charge in [0.1, 0.15) is 0 Å². The molecule has 0 saturated carbocycles. The van der Waals surface area contributed by atoms with E-state index in [-0.39, 0.29) is 31.3 Å². The van der Waals surface area contributed by atoms with Crippen LogP contribution in [0.5, 0.6) is 0 Å². The topological polar surface area (TPSA) is 119 Å². The summed E-state index contributed by atoms with van der Waals surface area (Å²) in [6.45, 7) is -1.63. The number of hydrogen-bond acceptors (Lipinski definition) is 3. The highest BCUT2D eigenvalue weighted by Gasteiger charge is 2.37. The van der Waals surface area contributed by atoms with Crippen LogP contribution >= 0.6 is 0 Å². The molecular formula is C15H15F6N3O5. The summed E-state index contributed by atoms with van der Waals surface area (Å²) in [6, 6.07) is 0.332. The molecule has 0 aliphatic carbocycles. The van der Waals surface area contributed by atoms with Crippen LogP contribution in [0.4, 0.5) is 35.9 Å². The van der Waals surface area contributed by atoms with Gasteiger partial charge in [-0.15, -0.1) is 0 Å². The Labute approximate surface area is 159 Å². The Bertz CT molecular complexity index is 714. The predicted octanol–water partition coefficient (Wildman–Crippen LogP) is 2.70. The van der Waals surface area contributed by atoms with E-state index in [9.17, 15) is 40.7 Å². The standard InChI is InChI=1S/C15H15F6N3O5/c16-14(17,18)9-5-8(6-10(7-9)15(19,20)21)11(25)24(3-1-22-12(26)27)4-2-23-13(28)29/h5-7,22-23H,1-4H2,(H,26,27)(H,28,29). The minimum atomic E-state index is -5.16. The lowest BCUT2D eigenvalue weighted by molar-refractivity contribution is -0.143. The third-order valence-corrected chi connectivity index (χ3v) is 3.44. The number of carboxylic acid groups (broad SMARTS) is 2. The number of carbonyl (C=O) groups is 3. The molecule has 0 aromatic heterocycles. The smallest absolute Gasteiger partial charge is 0.416 e. The zero-order chi connectivity index (χ0) is 22.4. The number of alkyl halides is 6. The Morgan fingerprint density at radius 1 is 0.793 bits per heavy atom. The van der Waals surface area contributed by atoms with Gasteiger partial charge in [0, 0.05) is 31.7 Å². The van der Waals surface area contributed by atoms with E-state index in [1.807, 2.05) is 10.6 Å². The largest absolute Gasteiger partial charge is 0.465 e. The van der Waals surface area contributed by atoms with Crippen molar-refractivity contribution < 1.29 is 50.9 Å². The molecule has 0 aliphatic rings. The van der Waals surface area contributed by atoms with Gasteiger partial charge >= 0.3 is 24.5 Å². The van der Waals surface area contributed by atoms with Gasteiger partial charge in [0.15, 0.2) is 0 Å². The van der Waals surface area contributed by atoms with Crippen molar-refractivity contribution in [1.82, 2.24) is 15.5 Å². The molecule has 4 N–H and O–H groups in total. The van der Waals surface area contributed by atoms with E-state index in [0.29, 0.717) is 0 Å². The number of halogens is 6. The fraction of sp³-hybridized carbons (Fsp3) is 0.400. The van der Waals surface area contributed by atoms with Crippen LogP contribution in [0.15, 0.2) is 18.2 Å². The van der Waals surface area contributed by atoms with Gasteiger partial charge in [0.05, 0.1) is 11.1 Å². The second-order valence-electron chi connectivity index (χ2n) is 5.55. The lowest BCUT2D eigenvalue weighted by Crippen LogP contribution is -2.42. The highest BCUT2D eigenvalue weighted by atomic mass is 19.4. The van der Waals surface area contributed by atoms with Crippen LogP contribution in [0.2, 0.25) is 0 Å². The van der Waals surface area contributed by atoms with Crippen molar-refractivity contribution in [3.63, 3.8) is 0 Å². The monoisotopic (exact) mass is 431 g/mol. The average Bonchev–Trinajstić information content (AvgIpc) is 2.57. The van der Waals surface area contributed by atoms with Crippen molar-refractivity contribution in [3.8, 4) is 0 Å². The number of amides is 3. The molecule has 0 heterocycles. The summed E-state index contributed by atoms with van der Waals surface area (Å²) in [7, 11) is 0. The molecule has 1 aromatic carbocycles. The van der Waals surface area contributed by atoms with Gasteiger partial charge in [-0.3, -0.25) is 4.79 Å². The molecular weight excluding hydrogens is 416 g/mol. The Morgan fingerprint density at radius 2 is 1.17 bits per heavy atom. The first kappa shape index (κ1) is 23.8. The number of nitrogens with zero attached hydrogens (tertiary/aromatic N) is 1. The molecule has 0 radical (unpaired) electrons. The summed E-state index contributed by atoms with van der Waals surface area (Å²) in [5.74, 6) is -1.26. The van der Waals surface area contributed by atoms with E-state index in [2.05, 4.69) is 0 Å². The first-order valence-corrected chi connectivity index (χ1v) is 7.74. The predicted molar refractivity (Wildman–Crippen MR) is 84.4 cm³/mol. The van der Waals surface area contributed by atoms with E-state index >= 15 is 0 Å². The molecule has 0 bridgehead atoms. The first-order chi connectivity index (χ1) is 13.2. The molecule has 29 heavy (non-hydrogen) atoms. The number of hydrogen-bond donors (Lipinski definition) is 4. The summed E-state index contributed by atoms with van der Waals surface area (Å²) in [4.78, 5) is 34.2. The van der Waals surface area contributed by atoms with Crippen LogP contribution in [-0.2, 0) is 12.4 Å². The molecule has 0 atom stereocenters. The van der Waals surface area contributed by atoms with Crippen molar-refractivity contribution in [1.29, 1.82) is 0 Å². The first-order valence-electron chi connectivity index (χ1n) is 7.74. The highest BCUT2D eigenvalue weighted by Crippen LogP contribution is 2.36. The summed E-state index contributed by atoms with van der Waals surface area (Å²) < 4.78 is 77.6. The van der Waals surface area contributed by atoms with Gasteiger partial charge in [-0.1, -0.05) is 0 Å². The molecule has 3 amide bonds. The van der Waals surface area contributed by atoms with E-state index in [0.717, 1.165) is 4.90 Å². The van der Waals surface area contributed by atoms with E-state index in [1.54, 1.807) is 0 Å². The molecule has 0 spiro atoms. The van der Waals surface area contributed by atoms with Gasteiger partial charge in [-0.25, -0.2) is 9.59 Å². The molecule has 14 heteroatoms. The van der Waals surface area contributed by atoms with Crippen molar-refractivity contribution >= 4 is 18.1 Å². The van der Waals surface area contributed by atoms with Crippen molar-refractivity contribution in [3.05, 3.63) is 34.9 Å². The zero-order valence-corrected chi connectivity index (χ0v) is 14.4. The van der Waals surface area contributed by atoms with Gasteiger partial charge in [0.25, 0.3) is 5.91 Å². The fourth-order valence-electron chi connectivity index (χ4n) is 2.17. The quantitative estimate of drug-likeness (QED) is 0.495. The van der Waals surface area contributed by atoms with E-state index in [1.165, 1.54) is 0 Å². The van der Waals surface area contributed by atoms with Crippen LogP contribution in [-0.4, -0.2) is 59.4 Å². The molecule has 0 fully saturated rings. The Kier molecular flexibility index (Phi) is 7.68. The molecule has 0 saturated heterocycles. The highest BCUT2D eigenvalue weighted by molar-refractivity contribution is 5.94. The summed E-state index contributed by atoms with van der Waals surface area (Å²) in [5.41, 5.74) is -4.32. The Morgan fingerprint density at radius 3 is 1.48 bits per heavy atom. The third-order valence-electron chi connectivity index (χ3n) is 3.44. The van der Waals surface area contributed by atoms with Crippen molar-refractivity contribution in [2.45, 2.75) is 12.4 Å². The van der Waals surface area contributed by atoms with Crippen LogP contribution < -0.4 is 10.6 Å². The minimum Gasteiger partial charge on any atom is -0.465 e. The maximum atomic E-state index is 12.9. The van der Waals surface area contributed by atoms with Gasteiger partial charge < -0.3 is 25.7 Å². The maximum absolute atomic E-state index is 12.9. The van der Waals surface area contributed by atoms with E-state index in [4.69, 9.17) is 10.2 Å². The maximum Gasteiger partial charge on any atom is 0.416 e. The Balaban J connectivity index is 3.23. The molecule has 0 unspecified atom stereocenters. The second-order valence-corrected chi connectivity index (χ2v) is 5.55. The summed E-state index contributed by atoms with van der Waals surface area (Å²) >= 11 is 0. The number of benzene rings is 1. The fourth-order valence-corrected chi connectivity index (χ4v) is 2.17. The molecule has 8 nitrogen and oxygen atoms in total. The third kappa shape index (κ3) is 7.75. The lowest BCUT2D eigenvalue weighted by atomic mass is 10.0. The zero-order valence-electron chi connectivity index (χ0n) is 14.4. The van der Waals surface area contributed by atoms with Gasteiger partial charge in [0.2, 0.25) is 0 Å². The lowest BCUT2D eigenvalue weighted by Gasteiger charge is -2.23. The Hall–Kier alpha value is -3.19. The second kappa shape index (κ2) is 9.34. The molecule has 1 rings (SSSR count). The van der Waals surface area contributed by atoms with Crippen LogP contribution in [0.3, 0.4) is 0 Å². The molecule has 0 aliphatic heterocycles. The van der Waals surface area contributed by atoms with Crippen molar-refractivity contribution in [2.75, 3.05) is 26.2 Å². The number of rotatable bonds is 7. The number of carbonyl (C=O) groups excluding carboxylic acids is 1. The SMILES string of the molecule is O=C(O)NCCN(CCNC(=O)O)C(=O)c1cc(C(F)(F)F)cc(C(F)(F)F)c1.